The van der Waals surface area contributed by atoms with Crippen LogP contribution in [0.5, 0.6) is 0 Å². The minimum Gasteiger partial charge on any atom is -0.349 e. The summed E-state index contributed by atoms with van der Waals surface area (Å²) in [6.07, 6.45) is 9.90. The van der Waals surface area contributed by atoms with Crippen molar-refractivity contribution in [1.29, 1.82) is 5.26 Å². The van der Waals surface area contributed by atoms with Crippen molar-refractivity contribution >= 4 is 5.84 Å². The van der Waals surface area contributed by atoms with E-state index in [1.165, 1.54) is 58.3 Å². The highest BCUT2D eigenvalue weighted by atomic mass is 15.3. The molecule has 0 spiro atoms. The summed E-state index contributed by atoms with van der Waals surface area (Å²) >= 11 is 0. The second-order valence-electron chi connectivity index (χ2n) is 8.15. The van der Waals surface area contributed by atoms with Gasteiger partial charge in [0.15, 0.2) is 11.9 Å². The summed E-state index contributed by atoms with van der Waals surface area (Å²) in [5, 5.41) is 9.50. The zero-order valence-electron chi connectivity index (χ0n) is 16.7. The van der Waals surface area contributed by atoms with Gasteiger partial charge >= 0.3 is 6.04 Å². The van der Waals surface area contributed by atoms with Crippen molar-refractivity contribution in [3.63, 3.8) is 0 Å². The third-order valence-corrected chi connectivity index (χ3v) is 6.19. The lowest BCUT2D eigenvalue weighted by molar-refractivity contribution is 0.227. The predicted octanol–water partition coefficient (Wildman–Crippen LogP) is 2.63. The fourth-order valence-electron chi connectivity index (χ4n) is 4.74. The zero-order chi connectivity index (χ0) is 18.9. The van der Waals surface area contributed by atoms with Gasteiger partial charge in [-0.3, -0.25) is 9.84 Å². The van der Waals surface area contributed by atoms with Crippen LogP contribution < -0.4 is 0 Å². The lowest BCUT2D eigenvalue weighted by Gasteiger charge is -2.30. The number of piperidine rings is 1. The highest BCUT2D eigenvalue weighted by molar-refractivity contribution is 5.92. The Morgan fingerprint density at radius 2 is 1.74 bits per heavy atom. The minimum absolute atomic E-state index is 0.418. The number of rotatable bonds is 7. The Morgan fingerprint density at radius 1 is 1.04 bits per heavy atom. The van der Waals surface area contributed by atoms with Gasteiger partial charge in [0, 0.05) is 25.7 Å². The van der Waals surface area contributed by atoms with Crippen molar-refractivity contribution in [3.05, 3.63) is 11.4 Å². The molecule has 3 aliphatic rings. The van der Waals surface area contributed by atoms with Crippen LogP contribution in [0.25, 0.3) is 4.85 Å². The van der Waals surface area contributed by atoms with Crippen LogP contribution in [-0.2, 0) is 0 Å². The molecular formula is C21H34N6. The molecule has 148 valence electrons. The maximum absolute atomic E-state index is 9.50. The molecular weight excluding hydrogens is 336 g/mol. The van der Waals surface area contributed by atoms with Crippen LogP contribution in [0.2, 0.25) is 0 Å². The molecule has 0 radical (unpaired) electrons. The smallest absolute Gasteiger partial charge is 0.349 e. The summed E-state index contributed by atoms with van der Waals surface area (Å²) in [6.45, 7) is 16.1. The molecule has 0 N–H and O–H groups in total. The number of nitrogens with zero attached hydrogens (tertiary/aromatic N) is 6. The van der Waals surface area contributed by atoms with Gasteiger partial charge in [0.05, 0.1) is 0 Å². The fourth-order valence-corrected chi connectivity index (χ4v) is 4.74. The first-order chi connectivity index (χ1) is 13.3. The van der Waals surface area contributed by atoms with Gasteiger partial charge in [0.1, 0.15) is 0 Å². The molecule has 3 rings (SSSR count). The van der Waals surface area contributed by atoms with E-state index in [2.05, 4.69) is 25.6 Å². The Bertz CT molecular complexity index is 548. The molecule has 0 aromatic heterocycles. The quantitative estimate of drug-likeness (QED) is 0.299. The zero-order valence-corrected chi connectivity index (χ0v) is 16.7. The van der Waals surface area contributed by atoms with E-state index < -0.39 is 6.04 Å². The molecule has 0 saturated carbocycles. The first kappa shape index (κ1) is 20.1. The number of amidine groups is 1. The normalized spacial score (nSPS) is 26.1. The van der Waals surface area contributed by atoms with Crippen LogP contribution in [0.15, 0.2) is 4.99 Å². The third kappa shape index (κ3) is 5.67. The second kappa shape index (κ2) is 10.6. The van der Waals surface area contributed by atoms with Crippen LogP contribution in [0.3, 0.4) is 0 Å². The van der Waals surface area contributed by atoms with Gasteiger partial charge in [0.2, 0.25) is 0 Å². The first-order valence-electron chi connectivity index (χ1n) is 10.8. The molecule has 27 heavy (non-hydrogen) atoms. The van der Waals surface area contributed by atoms with E-state index in [0.29, 0.717) is 6.04 Å². The van der Waals surface area contributed by atoms with E-state index in [-0.39, 0.29) is 0 Å². The lowest BCUT2D eigenvalue weighted by atomic mass is 10.1. The standard InChI is InChI=1S/C21H34N6/c1-23-20(17-22)21(24-10-8-15-25-11-3-2-4-12-25)27-16-7-9-19(27)18-26-13-5-6-14-26/h19-20H,2-16,18H2/t19-,20?/m0/s1. The molecule has 0 bridgehead atoms. The van der Waals surface area contributed by atoms with Crippen LogP contribution in [-0.4, -0.2) is 85.0 Å². The number of nitriles is 1. The average Bonchev–Trinajstić information content (AvgIpc) is 3.38. The summed E-state index contributed by atoms with van der Waals surface area (Å²) in [6, 6.07) is 1.85. The molecule has 3 aliphatic heterocycles. The van der Waals surface area contributed by atoms with E-state index in [1.54, 1.807) is 0 Å². The maximum atomic E-state index is 9.50. The van der Waals surface area contributed by atoms with Crippen LogP contribution >= 0.6 is 0 Å². The molecule has 0 amide bonds. The van der Waals surface area contributed by atoms with Gasteiger partial charge in [-0.25, -0.2) is 6.57 Å². The largest absolute Gasteiger partial charge is 0.363 e. The lowest BCUT2D eigenvalue weighted by Crippen LogP contribution is -2.46. The van der Waals surface area contributed by atoms with Gasteiger partial charge in [-0.1, -0.05) is 6.42 Å². The maximum Gasteiger partial charge on any atom is 0.363 e. The predicted molar refractivity (Wildman–Crippen MR) is 109 cm³/mol. The molecule has 6 heteroatoms. The Kier molecular flexibility index (Phi) is 7.93. The van der Waals surface area contributed by atoms with Gasteiger partial charge in [0.25, 0.3) is 0 Å². The van der Waals surface area contributed by atoms with Gasteiger partial charge in [-0.05, 0) is 77.7 Å². The molecule has 3 saturated heterocycles. The molecule has 3 fully saturated rings. The van der Waals surface area contributed by atoms with Crippen LogP contribution in [0.1, 0.15) is 51.4 Å². The Morgan fingerprint density at radius 3 is 2.44 bits per heavy atom. The van der Waals surface area contributed by atoms with Crippen molar-refractivity contribution in [1.82, 2.24) is 14.7 Å². The van der Waals surface area contributed by atoms with Gasteiger partial charge in [-0.15, -0.1) is 0 Å². The number of aliphatic imine (C=N–C) groups is 1. The number of likely N-dealkylation sites (tertiary alicyclic amines) is 3. The second-order valence-corrected chi connectivity index (χ2v) is 8.15. The molecule has 6 nitrogen and oxygen atoms in total. The van der Waals surface area contributed by atoms with Crippen molar-refractivity contribution in [3.8, 4) is 6.07 Å². The molecule has 0 aromatic rings. The van der Waals surface area contributed by atoms with E-state index in [1.807, 2.05) is 0 Å². The first-order valence-corrected chi connectivity index (χ1v) is 10.8. The molecule has 2 atom stereocenters. The summed E-state index contributed by atoms with van der Waals surface area (Å²) in [4.78, 5) is 15.8. The van der Waals surface area contributed by atoms with Crippen molar-refractivity contribution in [2.24, 2.45) is 4.99 Å². The topological polar surface area (TPSA) is 50.2 Å². The van der Waals surface area contributed by atoms with Crippen LogP contribution in [0.4, 0.5) is 0 Å². The van der Waals surface area contributed by atoms with Crippen molar-refractivity contribution in [2.45, 2.75) is 63.5 Å². The summed E-state index contributed by atoms with van der Waals surface area (Å²) < 4.78 is 0. The Balaban J connectivity index is 1.59. The average molecular weight is 371 g/mol. The molecule has 0 aliphatic carbocycles. The fraction of sp³-hybridized carbons (Fsp3) is 0.857. The number of hydrogen-bond acceptors (Lipinski definition) is 4. The minimum atomic E-state index is -0.751. The Hall–Kier alpha value is -1.63. The molecule has 3 heterocycles. The van der Waals surface area contributed by atoms with E-state index in [4.69, 9.17) is 11.6 Å². The van der Waals surface area contributed by atoms with Crippen molar-refractivity contribution < 1.29 is 0 Å². The number of hydrogen-bond donors (Lipinski definition) is 0. The molecule has 1 unspecified atom stereocenters. The SMILES string of the molecule is [C-]#[N+]C(C#N)C(=NCCCN1CCCCC1)N1CCC[C@H]1CN1CCCC1. The Labute approximate surface area is 164 Å². The van der Waals surface area contributed by atoms with Gasteiger partial charge in [-0.2, -0.15) is 5.26 Å². The summed E-state index contributed by atoms with van der Waals surface area (Å²) in [5.41, 5.74) is 0. The van der Waals surface area contributed by atoms with Crippen molar-refractivity contribution in [2.75, 3.05) is 52.4 Å². The highest BCUT2D eigenvalue weighted by Gasteiger charge is 2.35. The monoisotopic (exact) mass is 370 g/mol. The highest BCUT2D eigenvalue weighted by Crippen LogP contribution is 2.22. The van der Waals surface area contributed by atoms with E-state index in [9.17, 15) is 5.26 Å². The third-order valence-electron chi connectivity index (χ3n) is 6.19. The van der Waals surface area contributed by atoms with E-state index in [0.717, 1.165) is 51.3 Å². The molecule has 0 aromatic carbocycles. The van der Waals surface area contributed by atoms with Crippen LogP contribution in [0, 0.1) is 17.9 Å². The summed E-state index contributed by atoms with van der Waals surface area (Å²) in [5.74, 6) is 0.743. The van der Waals surface area contributed by atoms with E-state index >= 15 is 0 Å². The van der Waals surface area contributed by atoms with Gasteiger partial charge < -0.3 is 14.7 Å². The summed E-state index contributed by atoms with van der Waals surface area (Å²) in [7, 11) is 0.